The number of nitrogen functional groups attached to an aromatic ring is 1. The van der Waals surface area contributed by atoms with E-state index in [4.69, 9.17) is 5.73 Å². The molecule has 0 saturated carbocycles. The molecular formula is C13H17N5O2S. The number of nitrogens with zero attached hydrogens (tertiary/aromatic N) is 4. The standard InChI is InChI=1S/C13H17N5O2S/c1-9-4-2-6-11(12(9)14)13-15-16-17-18(13)10-5-3-7-21(19,20)8-10/h2,4,6,10H,3,5,7-8,14H2,1H3. The summed E-state index contributed by atoms with van der Waals surface area (Å²) in [7, 11) is -3.02. The number of aryl methyl sites for hydroxylation is 1. The molecule has 0 amide bonds. The highest BCUT2D eigenvalue weighted by Gasteiger charge is 2.29. The third kappa shape index (κ3) is 2.63. The van der Waals surface area contributed by atoms with Crippen LogP contribution in [0.4, 0.5) is 5.69 Å². The molecule has 2 N–H and O–H groups in total. The molecule has 2 heterocycles. The number of rotatable bonds is 2. The largest absolute Gasteiger partial charge is 0.398 e. The summed E-state index contributed by atoms with van der Waals surface area (Å²) in [5, 5.41) is 11.7. The minimum absolute atomic E-state index is 0.0801. The quantitative estimate of drug-likeness (QED) is 0.829. The second-order valence-electron chi connectivity index (χ2n) is 5.39. The Kier molecular flexibility index (Phi) is 3.40. The van der Waals surface area contributed by atoms with E-state index in [0.29, 0.717) is 17.9 Å². The van der Waals surface area contributed by atoms with Gasteiger partial charge in [0.1, 0.15) is 0 Å². The number of hydrogen-bond donors (Lipinski definition) is 1. The van der Waals surface area contributed by atoms with Crippen molar-refractivity contribution in [3.05, 3.63) is 23.8 Å². The van der Waals surface area contributed by atoms with Gasteiger partial charge in [0, 0.05) is 11.3 Å². The van der Waals surface area contributed by atoms with E-state index in [1.807, 2.05) is 25.1 Å². The monoisotopic (exact) mass is 307 g/mol. The van der Waals surface area contributed by atoms with E-state index in [1.54, 1.807) is 4.68 Å². The molecule has 0 spiro atoms. The van der Waals surface area contributed by atoms with Crippen LogP contribution in [0.5, 0.6) is 0 Å². The first-order chi connectivity index (χ1) is 9.98. The van der Waals surface area contributed by atoms with Crippen LogP contribution in [0, 0.1) is 6.92 Å². The summed E-state index contributed by atoms with van der Waals surface area (Å²) in [6.45, 7) is 1.91. The molecule has 1 fully saturated rings. The highest BCUT2D eigenvalue weighted by atomic mass is 32.2. The van der Waals surface area contributed by atoms with Gasteiger partial charge in [0.25, 0.3) is 0 Å². The average Bonchev–Trinajstić information content (AvgIpc) is 2.90. The maximum absolute atomic E-state index is 11.8. The molecule has 1 saturated heterocycles. The summed E-state index contributed by atoms with van der Waals surface area (Å²) in [6.07, 6.45) is 1.39. The summed E-state index contributed by atoms with van der Waals surface area (Å²) < 4.78 is 25.2. The predicted octanol–water partition coefficient (Wildman–Crippen LogP) is 0.980. The van der Waals surface area contributed by atoms with E-state index in [-0.39, 0.29) is 17.5 Å². The highest BCUT2D eigenvalue weighted by molar-refractivity contribution is 7.91. The third-order valence-electron chi connectivity index (χ3n) is 3.84. The van der Waals surface area contributed by atoms with E-state index >= 15 is 0 Å². The summed E-state index contributed by atoms with van der Waals surface area (Å²) in [4.78, 5) is 0. The Morgan fingerprint density at radius 1 is 1.38 bits per heavy atom. The van der Waals surface area contributed by atoms with Gasteiger partial charge in [0.15, 0.2) is 15.7 Å². The van der Waals surface area contributed by atoms with Gasteiger partial charge in [-0.05, 0) is 41.8 Å². The lowest BCUT2D eigenvalue weighted by Gasteiger charge is -2.22. The van der Waals surface area contributed by atoms with Crippen molar-refractivity contribution in [1.82, 2.24) is 20.2 Å². The molecule has 7 nitrogen and oxygen atoms in total. The molecule has 3 rings (SSSR count). The van der Waals surface area contributed by atoms with Gasteiger partial charge in [-0.2, -0.15) is 0 Å². The van der Waals surface area contributed by atoms with Crippen LogP contribution in [-0.4, -0.2) is 40.1 Å². The van der Waals surface area contributed by atoms with E-state index in [1.165, 1.54) is 0 Å². The van der Waals surface area contributed by atoms with Crippen LogP contribution < -0.4 is 5.73 Å². The van der Waals surface area contributed by atoms with E-state index in [2.05, 4.69) is 15.5 Å². The first-order valence-corrected chi connectivity index (χ1v) is 8.64. The van der Waals surface area contributed by atoms with Crippen LogP contribution in [0.3, 0.4) is 0 Å². The average molecular weight is 307 g/mol. The minimum atomic E-state index is -3.02. The summed E-state index contributed by atoms with van der Waals surface area (Å²) in [5.41, 5.74) is 8.40. The molecule has 1 aliphatic heterocycles. The van der Waals surface area contributed by atoms with Crippen LogP contribution in [0.1, 0.15) is 24.4 Å². The molecule has 0 radical (unpaired) electrons. The van der Waals surface area contributed by atoms with Gasteiger partial charge in [0.05, 0.1) is 17.5 Å². The molecule has 2 aromatic rings. The number of nitrogens with two attached hydrogens (primary N) is 1. The molecule has 0 bridgehead atoms. The molecule has 112 valence electrons. The van der Waals surface area contributed by atoms with Crippen LogP contribution >= 0.6 is 0 Å². The molecule has 0 aliphatic carbocycles. The summed E-state index contributed by atoms with van der Waals surface area (Å²) >= 11 is 0. The number of sulfone groups is 1. The van der Waals surface area contributed by atoms with Gasteiger partial charge < -0.3 is 5.73 Å². The van der Waals surface area contributed by atoms with Gasteiger partial charge in [-0.25, -0.2) is 13.1 Å². The molecule has 1 aromatic carbocycles. The first kappa shape index (κ1) is 14.0. The molecule has 1 atom stereocenters. The number of anilines is 1. The van der Waals surface area contributed by atoms with Gasteiger partial charge in [-0.3, -0.25) is 0 Å². The Morgan fingerprint density at radius 2 is 2.19 bits per heavy atom. The lowest BCUT2D eigenvalue weighted by Crippen LogP contribution is -2.28. The Balaban J connectivity index is 2.03. The van der Waals surface area contributed by atoms with Gasteiger partial charge in [-0.15, -0.1) is 5.10 Å². The van der Waals surface area contributed by atoms with Gasteiger partial charge in [-0.1, -0.05) is 12.1 Å². The topological polar surface area (TPSA) is 104 Å². The second-order valence-corrected chi connectivity index (χ2v) is 7.62. The lowest BCUT2D eigenvalue weighted by molar-refractivity contribution is 0.429. The fraction of sp³-hybridized carbons (Fsp3) is 0.462. The number of para-hydroxylation sites is 1. The number of aromatic nitrogens is 4. The zero-order chi connectivity index (χ0) is 15.0. The highest BCUT2D eigenvalue weighted by Crippen LogP contribution is 2.30. The van der Waals surface area contributed by atoms with Crippen LogP contribution in [0.25, 0.3) is 11.4 Å². The van der Waals surface area contributed by atoms with Crippen LogP contribution in [0.15, 0.2) is 18.2 Å². The summed E-state index contributed by atoms with van der Waals surface area (Å²) in [6, 6.07) is 5.42. The molecule has 1 unspecified atom stereocenters. The molecule has 21 heavy (non-hydrogen) atoms. The molecule has 1 aliphatic rings. The van der Waals surface area contributed by atoms with Gasteiger partial charge in [0.2, 0.25) is 0 Å². The predicted molar refractivity (Wildman–Crippen MR) is 79.3 cm³/mol. The minimum Gasteiger partial charge on any atom is -0.398 e. The van der Waals surface area contributed by atoms with Crippen molar-refractivity contribution in [2.75, 3.05) is 17.2 Å². The Bertz CT molecular complexity index is 769. The van der Waals surface area contributed by atoms with Crippen LogP contribution in [0.2, 0.25) is 0 Å². The van der Waals surface area contributed by atoms with E-state index in [0.717, 1.165) is 17.5 Å². The van der Waals surface area contributed by atoms with Crippen molar-refractivity contribution in [3.63, 3.8) is 0 Å². The first-order valence-electron chi connectivity index (χ1n) is 6.82. The fourth-order valence-electron chi connectivity index (χ4n) is 2.68. The molecule has 1 aromatic heterocycles. The smallest absolute Gasteiger partial charge is 0.184 e. The Hall–Kier alpha value is -1.96. The van der Waals surface area contributed by atoms with Crippen molar-refractivity contribution in [1.29, 1.82) is 0 Å². The zero-order valence-corrected chi connectivity index (χ0v) is 12.5. The van der Waals surface area contributed by atoms with Crippen molar-refractivity contribution in [2.24, 2.45) is 0 Å². The lowest BCUT2D eigenvalue weighted by atomic mass is 10.1. The van der Waals surface area contributed by atoms with Crippen LogP contribution in [-0.2, 0) is 9.84 Å². The Morgan fingerprint density at radius 3 is 2.95 bits per heavy atom. The maximum atomic E-state index is 11.8. The third-order valence-corrected chi connectivity index (χ3v) is 5.65. The van der Waals surface area contributed by atoms with Crippen molar-refractivity contribution >= 4 is 15.5 Å². The van der Waals surface area contributed by atoms with E-state index < -0.39 is 9.84 Å². The normalized spacial score (nSPS) is 21.3. The number of tetrazole rings is 1. The number of benzene rings is 1. The number of hydrogen-bond acceptors (Lipinski definition) is 6. The zero-order valence-electron chi connectivity index (χ0n) is 11.7. The Labute approximate surface area is 123 Å². The van der Waals surface area contributed by atoms with Gasteiger partial charge >= 0.3 is 0 Å². The second kappa shape index (κ2) is 5.10. The van der Waals surface area contributed by atoms with E-state index in [9.17, 15) is 8.42 Å². The molecule has 8 heteroatoms. The van der Waals surface area contributed by atoms with Crippen molar-refractivity contribution in [2.45, 2.75) is 25.8 Å². The molecular weight excluding hydrogens is 290 g/mol. The SMILES string of the molecule is Cc1cccc(-c2nnnn2C2CCCS(=O)(=O)C2)c1N. The van der Waals surface area contributed by atoms with Crippen molar-refractivity contribution < 1.29 is 8.42 Å². The maximum Gasteiger partial charge on any atom is 0.184 e. The summed E-state index contributed by atoms with van der Waals surface area (Å²) in [5.74, 6) is 0.850. The van der Waals surface area contributed by atoms with Crippen molar-refractivity contribution in [3.8, 4) is 11.4 Å². The fourth-order valence-corrected chi connectivity index (χ4v) is 4.35.